The van der Waals surface area contributed by atoms with Crippen molar-refractivity contribution in [2.45, 2.75) is 0 Å². The lowest BCUT2D eigenvalue weighted by molar-refractivity contribution is 0.0953. The zero-order chi connectivity index (χ0) is 9.14. The third-order valence-electron chi connectivity index (χ3n) is 1.31. The first kappa shape index (κ1) is 9.15. The predicted molar refractivity (Wildman–Crippen MR) is 45.8 cm³/mol. The Balaban J connectivity index is 3.09. The second-order valence-electron chi connectivity index (χ2n) is 2.10. The number of hydrazine groups is 1. The molecule has 1 aromatic carbocycles. The first-order valence-corrected chi connectivity index (χ1v) is 3.90. The van der Waals surface area contributed by atoms with E-state index in [0.29, 0.717) is 10.0 Å². The summed E-state index contributed by atoms with van der Waals surface area (Å²) >= 11 is 3.03. The van der Waals surface area contributed by atoms with Gasteiger partial charge >= 0.3 is 0 Å². The molecule has 5 heteroatoms. The highest BCUT2D eigenvalue weighted by molar-refractivity contribution is 9.10. The monoisotopic (exact) mass is 232 g/mol. The second kappa shape index (κ2) is 3.64. The summed E-state index contributed by atoms with van der Waals surface area (Å²) in [6.07, 6.45) is 0. The maximum atomic E-state index is 12.5. The second-order valence-corrected chi connectivity index (χ2v) is 2.95. The van der Waals surface area contributed by atoms with Gasteiger partial charge in [0, 0.05) is 4.47 Å². The number of benzene rings is 1. The third-order valence-corrected chi connectivity index (χ3v) is 1.96. The first-order valence-electron chi connectivity index (χ1n) is 3.11. The number of carbonyl (C=O) groups excluding carboxylic acids is 1. The van der Waals surface area contributed by atoms with E-state index in [1.807, 2.05) is 5.43 Å². The molecule has 0 aliphatic rings. The molecular formula is C7H6BrFN2O. The molecule has 0 heterocycles. The van der Waals surface area contributed by atoms with E-state index in [2.05, 4.69) is 15.9 Å². The molecule has 1 amide bonds. The van der Waals surface area contributed by atoms with Crippen molar-refractivity contribution in [2.24, 2.45) is 5.84 Å². The van der Waals surface area contributed by atoms with E-state index in [-0.39, 0.29) is 0 Å². The van der Waals surface area contributed by atoms with E-state index in [0.717, 1.165) is 0 Å². The Bertz CT molecular complexity index is 316. The minimum atomic E-state index is -0.457. The minimum absolute atomic E-state index is 0.305. The van der Waals surface area contributed by atoms with Gasteiger partial charge in [0.05, 0.1) is 5.56 Å². The number of rotatable bonds is 1. The zero-order valence-electron chi connectivity index (χ0n) is 5.97. The number of amides is 1. The fraction of sp³-hybridized carbons (Fsp3) is 0. The molecule has 0 aliphatic carbocycles. The van der Waals surface area contributed by atoms with Crippen LogP contribution in [-0.2, 0) is 0 Å². The van der Waals surface area contributed by atoms with E-state index in [4.69, 9.17) is 5.84 Å². The smallest absolute Gasteiger partial charge is 0.266 e. The zero-order valence-corrected chi connectivity index (χ0v) is 7.56. The van der Waals surface area contributed by atoms with Gasteiger partial charge in [-0.3, -0.25) is 10.2 Å². The Hall–Kier alpha value is -0.940. The highest BCUT2D eigenvalue weighted by Crippen LogP contribution is 2.17. The molecule has 0 atom stereocenters. The van der Waals surface area contributed by atoms with Crippen LogP contribution < -0.4 is 11.3 Å². The molecule has 3 nitrogen and oxygen atoms in total. The Labute approximate surface area is 76.9 Å². The lowest BCUT2D eigenvalue weighted by atomic mass is 10.2. The van der Waals surface area contributed by atoms with Gasteiger partial charge in [-0.15, -0.1) is 0 Å². The standard InChI is InChI=1S/C7H6BrFN2O/c8-6-3-4(9)1-2-5(6)7(12)11-10/h1-3H,10H2,(H,11,12). The molecule has 0 bridgehead atoms. The van der Waals surface area contributed by atoms with E-state index in [1.165, 1.54) is 18.2 Å². The van der Waals surface area contributed by atoms with Crippen LogP contribution in [0.25, 0.3) is 0 Å². The fourth-order valence-electron chi connectivity index (χ4n) is 0.751. The molecule has 0 aromatic heterocycles. The van der Waals surface area contributed by atoms with E-state index >= 15 is 0 Å². The van der Waals surface area contributed by atoms with Crippen LogP contribution in [0.2, 0.25) is 0 Å². The van der Waals surface area contributed by atoms with Crippen LogP contribution in [0, 0.1) is 5.82 Å². The number of halogens is 2. The van der Waals surface area contributed by atoms with Gasteiger partial charge in [0.2, 0.25) is 0 Å². The van der Waals surface area contributed by atoms with Crippen molar-refractivity contribution >= 4 is 21.8 Å². The van der Waals surface area contributed by atoms with Gasteiger partial charge < -0.3 is 0 Å². The quantitative estimate of drug-likeness (QED) is 0.435. The Morgan fingerprint density at radius 2 is 2.25 bits per heavy atom. The number of nitrogens with two attached hydrogens (primary N) is 1. The van der Waals surface area contributed by atoms with E-state index in [1.54, 1.807) is 0 Å². The van der Waals surface area contributed by atoms with Crippen molar-refractivity contribution in [3.63, 3.8) is 0 Å². The molecule has 0 spiro atoms. The van der Waals surface area contributed by atoms with Gasteiger partial charge in [0.25, 0.3) is 5.91 Å². The van der Waals surface area contributed by atoms with Crippen molar-refractivity contribution in [1.82, 2.24) is 5.43 Å². The summed E-state index contributed by atoms with van der Waals surface area (Å²) in [7, 11) is 0. The van der Waals surface area contributed by atoms with Crippen LogP contribution in [0.3, 0.4) is 0 Å². The minimum Gasteiger partial charge on any atom is -0.290 e. The summed E-state index contributed by atoms with van der Waals surface area (Å²) in [6.45, 7) is 0. The number of nitrogens with one attached hydrogen (secondary N) is 1. The average Bonchev–Trinajstić information content (AvgIpc) is 2.03. The van der Waals surface area contributed by atoms with Gasteiger partial charge in [0.15, 0.2) is 0 Å². The maximum Gasteiger partial charge on any atom is 0.266 e. The molecule has 0 radical (unpaired) electrons. The molecule has 12 heavy (non-hydrogen) atoms. The van der Waals surface area contributed by atoms with Gasteiger partial charge in [-0.25, -0.2) is 10.2 Å². The van der Waals surface area contributed by atoms with Crippen molar-refractivity contribution in [1.29, 1.82) is 0 Å². The normalized spacial score (nSPS) is 9.58. The lowest BCUT2D eigenvalue weighted by Crippen LogP contribution is -2.30. The van der Waals surface area contributed by atoms with Crippen molar-refractivity contribution in [2.75, 3.05) is 0 Å². The van der Waals surface area contributed by atoms with Crippen LogP contribution in [0.15, 0.2) is 22.7 Å². The topological polar surface area (TPSA) is 55.1 Å². The average molecular weight is 233 g/mol. The van der Waals surface area contributed by atoms with Crippen molar-refractivity contribution < 1.29 is 9.18 Å². The number of carbonyl (C=O) groups is 1. The molecule has 0 unspecified atom stereocenters. The number of hydrogen-bond acceptors (Lipinski definition) is 2. The SMILES string of the molecule is NNC(=O)c1ccc(F)cc1Br. The maximum absolute atomic E-state index is 12.5. The molecule has 1 rings (SSSR count). The van der Waals surface area contributed by atoms with E-state index in [9.17, 15) is 9.18 Å². The van der Waals surface area contributed by atoms with Crippen LogP contribution in [-0.4, -0.2) is 5.91 Å². The predicted octanol–water partition coefficient (Wildman–Crippen LogP) is 1.19. The molecule has 0 aliphatic heterocycles. The highest BCUT2D eigenvalue weighted by atomic mass is 79.9. The molecule has 0 saturated carbocycles. The first-order chi connectivity index (χ1) is 5.65. The summed E-state index contributed by atoms with van der Waals surface area (Å²) in [4.78, 5) is 11.0. The molecule has 0 saturated heterocycles. The van der Waals surface area contributed by atoms with Crippen LogP contribution in [0.5, 0.6) is 0 Å². The van der Waals surface area contributed by atoms with Gasteiger partial charge in [0.1, 0.15) is 5.82 Å². The molecule has 64 valence electrons. The van der Waals surface area contributed by atoms with Gasteiger partial charge in [-0.1, -0.05) is 0 Å². The Kier molecular flexibility index (Phi) is 2.78. The Morgan fingerprint density at radius 1 is 1.58 bits per heavy atom. The highest BCUT2D eigenvalue weighted by Gasteiger charge is 2.08. The number of nitrogen functional groups attached to an aromatic ring is 1. The Morgan fingerprint density at radius 3 is 2.75 bits per heavy atom. The number of hydrogen-bond donors (Lipinski definition) is 2. The van der Waals surface area contributed by atoms with E-state index < -0.39 is 11.7 Å². The largest absolute Gasteiger partial charge is 0.290 e. The third kappa shape index (κ3) is 1.80. The summed E-state index contributed by atoms with van der Waals surface area (Å²) in [5.74, 6) is 4.03. The van der Waals surface area contributed by atoms with Gasteiger partial charge in [-0.2, -0.15) is 0 Å². The van der Waals surface area contributed by atoms with Crippen LogP contribution >= 0.6 is 15.9 Å². The molecule has 1 aromatic rings. The van der Waals surface area contributed by atoms with Crippen LogP contribution in [0.1, 0.15) is 10.4 Å². The molecular weight excluding hydrogens is 227 g/mol. The summed E-state index contributed by atoms with van der Waals surface area (Å²) in [5.41, 5.74) is 2.25. The van der Waals surface area contributed by atoms with Crippen molar-refractivity contribution in [3.8, 4) is 0 Å². The lowest BCUT2D eigenvalue weighted by Gasteiger charge is -2.01. The molecule has 3 N–H and O–H groups in total. The molecule has 0 fully saturated rings. The summed E-state index contributed by atoms with van der Waals surface area (Å²) < 4.78 is 12.9. The van der Waals surface area contributed by atoms with Gasteiger partial charge in [-0.05, 0) is 34.1 Å². The van der Waals surface area contributed by atoms with Crippen molar-refractivity contribution in [3.05, 3.63) is 34.1 Å². The summed E-state index contributed by atoms with van der Waals surface area (Å²) in [5, 5.41) is 0. The fourth-order valence-corrected chi connectivity index (χ4v) is 1.28. The summed E-state index contributed by atoms with van der Waals surface area (Å²) in [6, 6.07) is 3.74. The van der Waals surface area contributed by atoms with Crippen LogP contribution in [0.4, 0.5) is 4.39 Å².